The van der Waals surface area contributed by atoms with Crippen molar-refractivity contribution in [1.29, 1.82) is 0 Å². The molecule has 1 rings (SSSR count). The molecule has 5 nitrogen and oxygen atoms in total. The van der Waals surface area contributed by atoms with Gasteiger partial charge < -0.3 is 15.4 Å². The molecular formula is C14H31IN4OS. The first-order valence-corrected chi connectivity index (χ1v) is 8.86. The lowest BCUT2D eigenvalue weighted by molar-refractivity contribution is -0.0679. The average molecular weight is 430 g/mol. The second kappa shape index (κ2) is 12.8. The Morgan fingerprint density at radius 3 is 2.43 bits per heavy atom. The van der Waals surface area contributed by atoms with E-state index in [1.807, 2.05) is 18.8 Å². The Bertz CT molecular complexity index is 284. The molecule has 0 aromatic heterocycles. The molecule has 2 N–H and O–H groups in total. The molecule has 0 bridgehead atoms. The molecule has 1 aliphatic rings. The van der Waals surface area contributed by atoms with E-state index in [4.69, 9.17) is 4.74 Å². The van der Waals surface area contributed by atoms with E-state index >= 15 is 0 Å². The van der Waals surface area contributed by atoms with Crippen LogP contribution in [0.15, 0.2) is 4.99 Å². The van der Waals surface area contributed by atoms with Crippen molar-refractivity contribution >= 4 is 41.7 Å². The maximum atomic E-state index is 5.74. The van der Waals surface area contributed by atoms with Crippen molar-refractivity contribution in [3.63, 3.8) is 0 Å². The van der Waals surface area contributed by atoms with Gasteiger partial charge in [0, 0.05) is 45.5 Å². The number of aliphatic imine (C=N–C) groups is 1. The molecule has 7 heteroatoms. The molecule has 2 atom stereocenters. The van der Waals surface area contributed by atoms with E-state index in [0.29, 0.717) is 12.2 Å². The first-order chi connectivity index (χ1) is 9.65. The fourth-order valence-corrected chi connectivity index (χ4v) is 2.77. The molecule has 126 valence electrons. The molecule has 21 heavy (non-hydrogen) atoms. The maximum Gasteiger partial charge on any atom is 0.191 e. The van der Waals surface area contributed by atoms with Crippen LogP contribution in [0.3, 0.4) is 0 Å². The minimum Gasteiger partial charge on any atom is -0.373 e. The van der Waals surface area contributed by atoms with Gasteiger partial charge in [0.05, 0.1) is 12.2 Å². The molecule has 0 radical (unpaired) electrons. The highest BCUT2D eigenvalue weighted by molar-refractivity contribution is 14.0. The highest BCUT2D eigenvalue weighted by Gasteiger charge is 2.21. The van der Waals surface area contributed by atoms with Gasteiger partial charge in [0.1, 0.15) is 0 Å². The van der Waals surface area contributed by atoms with Crippen LogP contribution in [0.1, 0.15) is 20.3 Å². The van der Waals surface area contributed by atoms with Crippen LogP contribution < -0.4 is 10.6 Å². The van der Waals surface area contributed by atoms with Gasteiger partial charge in [-0.05, 0) is 26.5 Å². The summed E-state index contributed by atoms with van der Waals surface area (Å²) in [5.41, 5.74) is 0. The normalized spacial score (nSPS) is 23.5. The summed E-state index contributed by atoms with van der Waals surface area (Å²) in [4.78, 5) is 6.71. The summed E-state index contributed by atoms with van der Waals surface area (Å²) in [6.07, 6.45) is 3.95. The Hall–Kier alpha value is 0.270. The van der Waals surface area contributed by atoms with Gasteiger partial charge in [-0.1, -0.05) is 0 Å². The van der Waals surface area contributed by atoms with Crippen LogP contribution in [0.4, 0.5) is 0 Å². The first kappa shape index (κ1) is 21.3. The van der Waals surface area contributed by atoms with Crippen LogP contribution in [-0.4, -0.2) is 74.8 Å². The summed E-state index contributed by atoms with van der Waals surface area (Å²) in [5, 5.41) is 6.67. The lowest BCUT2D eigenvalue weighted by Crippen LogP contribution is -2.46. The molecule has 1 saturated heterocycles. The number of guanidine groups is 1. The van der Waals surface area contributed by atoms with Crippen LogP contribution in [0.5, 0.6) is 0 Å². The lowest BCUT2D eigenvalue weighted by Gasteiger charge is -2.35. The third kappa shape index (κ3) is 9.80. The lowest BCUT2D eigenvalue weighted by atomic mass is 10.2. The molecule has 0 aromatic carbocycles. The molecule has 0 aliphatic carbocycles. The van der Waals surface area contributed by atoms with E-state index in [2.05, 4.69) is 40.6 Å². The molecular weight excluding hydrogens is 399 g/mol. The van der Waals surface area contributed by atoms with Crippen LogP contribution in [0, 0.1) is 0 Å². The third-order valence-electron chi connectivity index (χ3n) is 3.26. The van der Waals surface area contributed by atoms with E-state index in [1.165, 1.54) is 0 Å². The largest absolute Gasteiger partial charge is 0.373 e. The monoisotopic (exact) mass is 430 g/mol. The van der Waals surface area contributed by atoms with Crippen LogP contribution >= 0.6 is 35.7 Å². The fourth-order valence-electron chi connectivity index (χ4n) is 2.47. The van der Waals surface area contributed by atoms with Crippen LogP contribution in [0.25, 0.3) is 0 Å². The van der Waals surface area contributed by atoms with Crippen molar-refractivity contribution in [2.45, 2.75) is 32.5 Å². The van der Waals surface area contributed by atoms with Crippen LogP contribution in [-0.2, 0) is 4.74 Å². The second-order valence-electron chi connectivity index (χ2n) is 5.29. The Morgan fingerprint density at radius 1 is 1.24 bits per heavy atom. The summed E-state index contributed by atoms with van der Waals surface area (Å²) in [6.45, 7) is 9.43. The van der Waals surface area contributed by atoms with Gasteiger partial charge in [-0.25, -0.2) is 0 Å². The van der Waals surface area contributed by atoms with Crippen molar-refractivity contribution in [2.24, 2.45) is 4.99 Å². The van der Waals surface area contributed by atoms with E-state index in [-0.39, 0.29) is 24.0 Å². The number of thioether (sulfide) groups is 1. The number of rotatable bonds is 7. The number of morpholine rings is 1. The number of nitrogens with zero attached hydrogens (tertiary/aromatic N) is 2. The summed E-state index contributed by atoms with van der Waals surface area (Å²) in [5.74, 6) is 2.01. The zero-order valence-electron chi connectivity index (χ0n) is 13.7. The smallest absolute Gasteiger partial charge is 0.191 e. The summed E-state index contributed by atoms with van der Waals surface area (Å²) < 4.78 is 5.74. The molecule has 1 fully saturated rings. The minimum absolute atomic E-state index is 0. The second-order valence-corrected chi connectivity index (χ2v) is 6.27. The Balaban J connectivity index is 0.00000400. The van der Waals surface area contributed by atoms with E-state index in [0.717, 1.165) is 50.9 Å². The summed E-state index contributed by atoms with van der Waals surface area (Å²) >= 11 is 1.84. The van der Waals surface area contributed by atoms with Crippen molar-refractivity contribution in [1.82, 2.24) is 15.5 Å². The van der Waals surface area contributed by atoms with Crippen LogP contribution in [0.2, 0.25) is 0 Å². The number of hydrogen-bond acceptors (Lipinski definition) is 4. The van der Waals surface area contributed by atoms with Crippen molar-refractivity contribution in [3.05, 3.63) is 0 Å². The fraction of sp³-hybridized carbons (Fsp3) is 0.929. The summed E-state index contributed by atoms with van der Waals surface area (Å²) in [7, 11) is 1.82. The average Bonchev–Trinajstić information content (AvgIpc) is 2.40. The predicted octanol–water partition coefficient (Wildman–Crippen LogP) is 1.63. The first-order valence-electron chi connectivity index (χ1n) is 7.47. The number of ether oxygens (including phenoxy) is 1. The van der Waals surface area contributed by atoms with Gasteiger partial charge in [0.15, 0.2) is 5.96 Å². The molecule has 1 aliphatic heterocycles. The summed E-state index contributed by atoms with van der Waals surface area (Å²) in [6, 6.07) is 0. The van der Waals surface area contributed by atoms with E-state index in [9.17, 15) is 0 Å². The standard InChI is InChI=1S/C14H30N4OS.HI/c1-12-10-18(11-13(2)19-12)8-5-6-16-14(15-3)17-7-9-20-4;/h12-13H,5-11H2,1-4H3,(H2,15,16,17);1H. The molecule has 0 aromatic rings. The molecule has 0 amide bonds. The third-order valence-corrected chi connectivity index (χ3v) is 3.87. The highest BCUT2D eigenvalue weighted by atomic mass is 127. The van der Waals surface area contributed by atoms with Gasteiger partial charge in [-0.3, -0.25) is 9.89 Å². The van der Waals surface area contributed by atoms with Gasteiger partial charge >= 0.3 is 0 Å². The predicted molar refractivity (Wildman–Crippen MR) is 104 cm³/mol. The minimum atomic E-state index is 0. The molecule has 2 unspecified atom stereocenters. The molecule has 0 spiro atoms. The quantitative estimate of drug-likeness (QED) is 0.278. The van der Waals surface area contributed by atoms with E-state index in [1.54, 1.807) is 0 Å². The Labute approximate surface area is 151 Å². The Morgan fingerprint density at radius 2 is 1.86 bits per heavy atom. The van der Waals surface area contributed by atoms with Crippen molar-refractivity contribution < 1.29 is 4.74 Å². The molecule has 0 saturated carbocycles. The number of halogens is 1. The molecule has 1 heterocycles. The highest BCUT2D eigenvalue weighted by Crippen LogP contribution is 2.10. The van der Waals surface area contributed by atoms with Gasteiger partial charge in [-0.15, -0.1) is 24.0 Å². The van der Waals surface area contributed by atoms with E-state index < -0.39 is 0 Å². The van der Waals surface area contributed by atoms with Crippen molar-refractivity contribution in [3.8, 4) is 0 Å². The SMILES string of the molecule is CN=C(NCCCN1CC(C)OC(C)C1)NCCSC.I. The number of nitrogens with one attached hydrogen (secondary N) is 2. The van der Waals surface area contributed by atoms with Gasteiger partial charge in [-0.2, -0.15) is 11.8 Å². The topological polar surface area (TPSA) is 48.9 Å². The maximum absolute atomic E-state index is 5.74. The van der Waals surface area contributed by atoms with Gasteiger partial charge in [0.25, 0.3) is 0 Å². The zero-order valence-corrected chi connectivity index (χ0v) is 16.9. The van der Waals surface area contributed by atoms with Gasteiger partial charge in [0.2, 0.25) is 0 Å². The number of hydrogen-bond donors (Lipinski definition) is 2. The van der Waals surface area contributed by atoms with Crippen molar-refractivity contribution in [2.75, 3.05) is 51.8 Å². The Kier molecular flexibility index (Phi) is 12.9. The zero-order chi connectivity index (χ0) is 14.8.